The maximum Gasteiger partial charge on any atom is 0.302 e. The maximum absolute atomic E-state index is 11.1. The highest BCUT2D eigenvalue weighted by Crippen LogP contribution is 2.47. The zero-order valence-electron chi connectivity index (χ0n) is 16.1. The molecule has 134 valence electrons. The van der Waals surface area contributed by atoms with Gasteiger partial charge in [-0.1, -0.05) is 27.7 Å². The van der Waals surface area contributed by atoms with Crippen molar-refractivity contribution < 1.29 is 9.53 Å². The minimum absolute atomic E-state index is 0.110. The summed E-state index contributed by atoms with van der Waals surface area (Å²) in [4.78, 5) is 11.1. The fraction of sp³-hybridized carbons (Fsp3) is 0.952. The van der Waals surface area contributed by atoms with Gasteiger partial charge in [0.2, 0.25) is 0 Å². The van der Waals surface area contributed by atoms with Crippen molar-refractivity contribution in [2.75, 3.05) is 0 Å². The second kappa shape index (κ2) is 8.03. The van der Waals surface area contributed by atoms with E-state index in [1.54, 1.807) is 0 Å². The van der Waals surface area contributed by atoms with E-state index in [0.29, 0.717) is 5.41 Å². The molecule has 2 fully saturated rings. The van der Waals surface area contributed by atoms with E-state index in [-0.39, 0.29) is 12.1 Å². The van der Waals surface area contributed by atoms with Crippen LogP contribution in [0.3, 0.4) is 0 Å². The topological polar surface area (TPSA) is 26.3 Å². The third kappa shape index (κ3) is 5.50. The number of rotatable bonds is 5. The van der Waals surface area contributed by atoms with Gasteiger partial charge < -0.3 is 4.74 Å². The molecule has 0 amide bonds. The Bertz CT molecular complexity index is 369. The highest BCUT2D eigenvalue weighted by atomic mass is 16.5. The molecular formula is C21H38O2. The van der Waals surface area contributed by atoms with Crippen LogP contribution in [0.5, 0.6) is 0 Å². The molecule has 0 unspecified atom stereocenters. The van der Waals surface area contributed by atoms with Gasteiger partial charge in [0.05, 0.1) is 0 Å². The molecule has 23 heavy (non-hydrogen) atoms. The van der Waals surface area contributed by atoms with Gasteiger partial charge in [0.15, 0.2) is 0 Å². The summed E-state index contributed by atoms with van der Waals surface area (Å²) < 4.78 is 5.39. The lowest BCUT2D eigenvalue weighted by atomic mass is 9.63. The number of esters is 1. The van der Waals surface area contributed by atoms with Gasteiger partial charge in [-0.05, 0) is 86.9 Å². The molecule has 0 saturated heterocycles. The molecule has 0 bridgehead atoms. The van der Waals surface area contributed by atoms with Crippen molar-refractivity contribution >= 4 is 5.97 Å². The van der Waals surface area contributed by atoms with E-state index in [2.05, 4.69) is 27.7 Å². The molecule has 0 spiro atoms. The second-order valence-electron chi connectivity index (χ2n) is 9.34. The van der Waals surface area contributed by atoms with E-state index in [1.807, 2.05) is 0 Å². The summed E-state index contributed by atoms with van der Waals surface area (Å²) in [7, 11) is 0. The molecule has 2 nitrogen and oxygen atoms in total. The minimum Gasteiger partial charge on any atom is -0.463 e. The number of hydrogen-bond acceptors (Lipinski definition) is 2. The van der Waals surface area contributed by atoms with E-state index in [1.165, 1.54) is 51.9 Å². The number of carbonyl (C=O) groups excluding carboxylic acids is 1. The normalized spacial score (nSPS) is 32.8. The Morgan fingerprint density at radius 3 is 1.87 bits per heavy atom. The van der Waals surface area contributed by atoms with Gasteiger partial charge in [-0.25, -0.2) is 0 Å². The lowest BCUT2D eigenvalue weighted by Gasteiger charge is -2.43. The second-order valence-corrected chi connectivity index (χ2v) is 9.34. The Morgan fingerprint density at radius 2 is 1.43 bits per heavy atom. The Labute approximate surface area is 143 Å². The standard InChI is InChI=1S/C21H38O2/c1-15(2)14-21(4,5)19-10-6-17(7-11-19)18-8-12-20(13-9-18)23-16(3)22/h15,17-20H,6-14H2,1-5H3. The molecule has 0 aromatic heterocycles. The average molecular weight is 323 g/mol. The Morgan fingerprint density at radius 1 is 0.957 bits per heavy atom. The molecule has 2 aliphatic rings. The summed E-state index contributed by atoms with van der Waals surface area (Å²) in [6.45, 7) is 11.2. The van der Waals surface area contributed by atoms with Gasteiger partial charge in [-0.2, -0.15) is 0 Å². The first-order valence-electron chi connectivity index (χ1n) is 9.95. The third-order valence-corrected chi connectivity index (χ3v) is 6.53. The highest BCUT2D eigenvalue weighted by molar-refractivity contribution is 5.66. The maximum atomic E-state index is 11.1. The molecule has 0 aromatic rings. The number of carbonyl (C=O) groups is 1. The van der Waals surface area contributed by atoms with Gasteiger partial charge >= 0.3 is 5.97 Å². The molecule has 2 heteroatoms. The molecular weight excluding hydrogens is 284 g/mol. The van der Waals surface area contributed by atoms with Crippen LogP contribution in [0.25, 0.3) is 0 Å². The largest absolute Gasteiger partial charge is 0.463 e. The minimum atomic E-state index is -0.110. The summed E-state index contributed by atoms with van der Waals surface area (Å²) in [5.41, 5.74) is 0.506. The van der Waals surface area contributed by atoms with Crippen LogP contribution in [-0.2, 0) is 9.53 Å². The van der Waals surface area contributed by atoms with Crippen molar-refractivity contribution in [3.63, 3.8) is 0 Å². The number of ether oxygens (including phenoxy) is 1. The summed E-state index contributed by atoms with van der Waals surface area (Å²) in [6, 6.07) is 0. The molecule has 2 rings (SSSR count). The van der Waals surface area contributed by atoms with Gasteiger partial charge in [-0.15, -0.1) is 0 Å². The van der Waals surface area contributed by atoms with Crippen LogP contribution in [0.15, 0.2) is 0 Å². The summed E-state index contributed by atoms with van der Waals surface area (Å²) >= 11 is 0. The van der Waals surface area contributed by atoms with Gasteiger partial charge in [-0.3, -0.25) is 4.79 Å². The molecule has 0 aliphatic heterocycles. The molecule has 0 aromatic carbocycles. The van der Waals surface area contributed by atoms with Crippen LogP contribution in [0.1, 0.15) is 92.4 Å². The van der Waals surface area contributed by atoms with Crippen LogP contribution in [0.2, 0.25) is 0 Å². The zero-order chi connectivity index (χ0) is 17.0. The van der Waals surface area contributed by atoms with Gasteiger partial charge in [0.25, 0.3) is 0 Å². The first-order chi connectivity index (χ1) is 10.8. The smallest absolute Gasteiger partial charge is 0.302 e. The molecule has 0 radical (unpaired) electrons. The molecule has 0 atom stereocenters. The zero-order valence-corrected chi connectivity index (χ0v) is 16.1. The van der Waals surface area contributed by atoms with E-state index in [4.69, 9.17) is 4.74 Å². The van der Waals surface area contributed by atoms with E-state index < -0.39 is 0 Å². The van der Waals surface area contributed by atoms with Crippen molar-refractivity contribution in [3.05, 3.63) is 0 Å². The van der Waals surface area contributed by atoms with Crippen molar-refractivity contribution in [1.29, 1.82) is 0 Å². The first kappa shape index (κ1) is 18.8. The lowest BCUT2D eigenvalue weighted by molar-refractivity contribution is -0.148. The van der Waals surface area contributed by atoms with E-state index in [9.17, 15) is 4.79 Å². The van der Waals surface area contributed by atoms with Crippen LogP contribution < -0.4 is 0 Å². The molecule has 2 aliphatic carbocycles. The Kier molecular flexibility index (Phi) is 6.57. The van der Waals surface area contributed by atoms with Gasteiger partial charge in [0.1, 0.15) is 6.10 Å². The van der Waals surface area contributed by atoms with Crippen LogP contribution >= 0.6 is 0 Å². The lowest BCUT2D eigenvalue weighted by Crippen LogP contribution is -2.33. The molecule has 2 saturated carbocycles. The van der Waals surface area contributed by atoms with Crippen molar-refractivity contribution in [3.8, 4) is 0 Å². The van der Waals surface area contributed by atoms with E-state index >= 15 is 0 Å². The quantitative estimate of drug-likeness (QED) is 0.581. The highest BCUT2D eigenvalue weighted by Gasteiger charge is 2.36. The molecule has 0 N–H and O–H groups in total. The predicted octanol–water partition coefficient (Wildman–Crippen LogP) is 5.99. The third-order valence-electron chi connectivity index (χ3n) is 6.53. The predicted molar refractivity (Wildman–Crippen MR) is 96.2 cm³/mol. The van der Waals surface area contributed by atoms with Crippen molar-refractivity contribution in [2.24, 2.45) is 29.1 Å². The first-order valence-corrected chi connectivity index (χ1v) is 9.95. The van der Waals surface area contributed by atoms with E-state index in [0.717, 1.165) is 36.5 Å². The molecule has 0 heterocycles. The monoisotopic (exact) mass is 322 g/mol. The summed E-state index contributed by atoms with van der Waals surface area (Å²) in [5.74, 6) is 3.43. The van der Waals surface area contributed by atoms with Crippen LogP contribution in [0.4, 0.5) is 0 Å². The summed E-state index contributed by atoms with van der Waals surface area (Å²) in [6.07, 6.45) is 12.0. The fourth-order valence-corrected chi connectivity index (χ4v) is 5.50. The Hall–Kier alpha value is -0.530. The average Bonchev–Trinajstić information content (AvgIpc) is 2.46. The van der Waals surface area contributed by atoms with Crippen molar-refractivity contribution in [1.82, 2.24) is 0 Å². The van der Waals surface area contributed by atoms with Crippen LogP contribution in [0, 0.1) is 29.1 Å². The van der Waals surface area contributed by atoms with Gasteiger partial charge in [0, 0.05) is 6.92 Å². The fourth-order valence-electron chi connectivity index (χ4n) is 5.50. The Balaban J connectivity index is 1.76. The summed E-state index contributed by atoms with van der Waals surface area (Å²) in [5, 5.41) is 0. The SMILES string of the molecule is CC(=O)OC1CCC(C2CCC(C(C)(C)CC(C)C)CC2)CC1. The van der Waals surface area contributed by atoms with Crippen molar-refractivity contribution in [2.45, 2.75) is 98.5 Å². The van der Waals surface area contributed by atoms with Crippen LogP contribution in [-0.4, -0.2) is 12.1 Å². The number of hydrogen-bond donors (Lipinski definition) is 0.